The number of nitrogens with zero attached hydrogens (tertiary/aromatic N) is 2. The van der Waals surface area contributed by atoms with Crippen molar-refractivity contribution in [3.63, 3.8) is 0 Å². The molecule has 1 amide bonds. The predicted molar refractivity (Wildman–Crippen MR) is 122 cm³/mol. The highest BCUT2D eigenvalue weighted by Gasteiger charge is 2.40. The molecule has 0 bridgehead atoms. The highest BCUT2D eigenvalue weighted by molar-refractivity contribution is 5.85. The highest BCUT2D eigenvalue weighted by atomic mass is 35.5. The molecule has 3 aliphatic heterocycles. The van der Waals surface area contributed by atoms with Crippen LogP contribution < -0.4 is 5.32 Å². The second kappa shape index (κ2) is 11.5. The van der Waals surface area contributed by atoms with E-state index in [1.807, 2.05) is 0 Å². The van der Waals surface area contributed by atoms with E-state index >= 15 is 0 Å². The zero-order valence-electron chi connectivity index (χ0n) is 18.2. The van der Waals surface area contributed by atoms with Gasteiger partial charge in [0.05, 0.1) is 18.2 Å². The Labute approximate surface area is 189 Å². The van der Waals surface area contributed by atoms with E-state index in [9.17, 15) is 4.79 Å². The van der Waals surface area contributed by atoms with Gasteiger partial charge >= 0.3 is 0 Å². The zero-order valence-corrected chi connectivity index (χ0v) is 19.8. The van der Waals surface area contributed by atoms with Crippen LogP contribution in [-0.4, -0.2) is 72.7 Å². The highest BCUT2D eigenvalue weighted by Crippen LogP contribution is 2.34. The molecule has 0 aromatic rings. The number of piperidine rings is 1. The molecule has 3 heterocycles. The molecule has 1 saturated carbocycles. The molecule has 0 aromatic heterocycles. The van der Waals surface area contributed by atoms with E-state index in [1.54, 1.807) is 0 Å². The minimum absolute atomic E-state index is 0. The lowest BCUT2D eigenvalue weighted by Crippen LogP contribution is -2.49. The Bertz CT molecular complexity index is 492. The van der Waals surface area contributed by atoms with Gasteiger partial charge < -0.3 is 15.0 Å². The van der Waals surface area contributed by atoms with E-state index < -0.39 is 0 Å². The van der Waals surface area contributed by atoms with Crippen LogP contribution in [-0.2, 0) is 9.53 Å². The lowest BCUT2D eigenvalue weighted by molar-refractivity contribution is -0.134. The number of likely N-dealkylation sites (tertiary alicyclic amines) is 1. The van der Waals surface area contributed by atoms with Gasteiger partial charge in [0.25, 0.3) is 0 Å². The third-order valence-electron chi connectivity index (χ3n) is 7.44. The molecule has 1 aliphatic carbocycles. The molecule has 3 saturated heterocycles. The van der Waals surface area contributed by atoms with Crippen LogP contribution in [0.4, 0.5) is 0 Å². The third kappa shape index (κ3) is 6.46. The second-order valence-corrected chi connectivity index (χ2v) is 9.68. The zero-order chi connectivity index (χ0) is 18.8. The topological polar surface area (TPSA) is 44.8 Å². The predicted octanol–water partition coefficient (Wildman–Crippen LogP) is 3.49. The van der Waals surface area contributed by atoms with Crippen molar-refractivity contribution in [1.82, 2.24) is 15.1 Å². The number of morpholine rings is 1. The molecule has 4 fully saturated rings. The largest absolute Gasteiger partial charge is 0.373 e. The van der Waals surface area contributed by atoms with E-state index in [0.29, 0.717) is 24.2 Å². The quantitative estimate of drug-likeness (QED) is 0.712. The van der Waals surface area contributed by atoms with Crippen molar-refractivity contribution in [1.29, 1.82) is 0 Å². The maximum absolute atomic E-state index is 13.0. The Morgan fingerprint density at radius 3 is 2.31 bits per heavy atom. The molecular weight excluding hydrogens is 409 g/mol. The molecule has 7 heteroatoms. The first-order chi connectivity index (χ1) is 13.1. The summed E-state index contributed by atoms with van der Waals surface area (Å²) in [6, 6.07) is 0.717. The fourth-order valence-corrected chi connectivity index (χ4v) is 6.01. The van der Waals surface area contributed by atoms with Crippen LogP contribution in [0.5, 0.6) is 0 Å². The van der Waals surface area contributed by atoms with Crippen LogP contribution in [0.25, 0.3) is 0 Å². The number of hydrogen-bond acceptors (Lipinski definition) is 4. The van der Waals surface area contributed by atoms with Crippen LogP contribution in [0, 0.1) is 11.8 Å². The number of carbonyl (C=O) groups is 1. The maximum atomic E-state index is 13.0. The summed E-state index contributed by atoms with van der Waals surface area (Å²) in [6.07, 6.45) is 10.7. The number of amides is 1. The lowest BCUT2D eigenvalue weighted by atomic mass is 9.85. The average molecular weight is 450 g/mol. The van der Waals surface area contributed by atoms with Gasteiger partial charge in [-0.15, -0.1) is 24.8 Å². The SMILES string of the molecule is CC1CN(CCC2CCN(C(=O)C3CC4CCCCC4N3)CC2)CC(C)O1.Cl.Cl. The van der Waals surface area contributed by atoms with Gasteiger partial charge in [-0.25, -0.2) is 0 Å². The fraction of sp³-hybridized carbons (Fsp3) is 0.955. The number of nitrogens with one attached hydrogen (secondary N) is 1. The van der Waals surface area contributed by atoms with Crippen LogP contribution in [0.1, 0.15) is 65.2 Å². The Kier molecular flexibility index (Phi) is 10.0. The molecule has 5 unspecified atom stereocenters. The second-order valence-electron chi connectivity index (χ2n) is 9.68. The van der Waals surface area contributed by atoms with E-state index in [1.165, 1.54) is 51.5 Å². The number of rotatable bonds is 4. The summed E-state index contributed by atoms with van der Waals surface area (Å²) >= 11 is 0. The van der Waals surface area contributed by atoms with E-state index in [4.69, 9.17) is 4.74 Å². The number of fused-ring (bicyclic) bond motifs is 1. The number of carbonyl (C=O) groups excluding carboxylic acids is 1. The minimum Gasteiger partial charge on any atom is -0.373 e. The van der Waals surface area contributed by atoms with Gasteiger partial charge in [-0.2, -0.15) is 0 Å². The standard InChI is InChI=1S/C22H39N3O2.2ClH/c1-16-14-24(15-17(2)27-16)10-7-18-8-11-25(12-9-18)22(26)21-13-19-5-3-4-6-20(19)23-21;;/h16-21,23H,3-15H2,1-2H3;2*1H. The minimum atomic E-state index is 0. The first kappa shape index (κ1) is 25.2. The average Bonchev–Trinajstić information content (AvgIpc) is 3.10. The molecule has 4 aliphatic rings. The van der Waals surface area contributed by atoms with Crippen molar-refractivity contribution in [2.24, 2.45) is 11.8 Å². The van der Waals surface area contributed by atoms with Crippen molar-refractivity contribution < 1.29 is 9.53 Å². The Hall–Kier alpha value is -0.0700. The number of ether oxygens (including phenoxy) is 1. The Morgan fingerprint density at radius 2 is 1.66 bits per heavy atom. The van der Waals surface area contributed by atoms with Crippen molar-refractivity contribution in [2.75, 3.05) is 32.7 Å². The van der Waals surface area contributed by atoms with Gasteiger partial charge in [0.15, 0.2) is 0 Å². The molecule has 5 nitrogen and oxygen atoms in total. The normalized spacial score (nSPS) is 36.1. The molecule has 29 heavy (non-hydrogen) atoms. The van der Waals surface area contributed by atoms with Gasteiger partial charge in [-0.05, 0) is 70.8 Å². The van der Waals surface area contributed by atoms with E-state index in [0.717, 1.165) is 44.4 Å². The van der Waals surface area contributed by atoms with Gasteiger partial charge in [0.2, 0.25) is 5.91 Å². The summed E-state index contributed by atoms with van der Waals surface area (Å²) in [5.41, 5.74) is 0. The summed E-state index contributed by atoms with van der Waals surface area (Å²) in [5.74, 6) is 1.92. The molecular formula is C22H41Cl2N3O2. The van der Waals surface area contributed by atoms with Crippen molar-refractivity contribution in [3.05, 3.63) is 0 Å². The van der Waals surface area contributed by atoms with Crippen molar-refractivity contribution >= 4 is 30.7 Å². The summed E-state index contributed by atoms with van der Waals surface area (Å²) < 4.78 is 5.84. The van der Waals surface area contributed by atoms with Gasteiger partial charge in [-0.1, -0.05) is 12.8 Å². The van der Waals surface area contributed by atoms with Gasteiger partial charge in [-0.3, -0.25) is 9.69 Å². The van der Waals surface area contributed by atoms with Crippen LogP contribution in [0.3, 0.4) is 0 Å². The summed E-state index contributed by atoms with van der Waals surface area (Å²) in [6.45, 7) is 9.61. The van der Waals surface area contributed by atoms with E-state index in [2.05, 4.69) is 29.0 Å². The summed E-state index contributed by atoms with van der Waals surface area (Å²) in [7, 11) is 0. The molecule has 0 aromatic carbocycles. The first-order valence-electron chi connectivity index (χ1n) is 11.5. The molecule has 0 spiro atoms. The molecule has 5 atom stereocenters. The molecule has 0 radical (unpaired) electrons. The summed E-state index contributed by atoms with van der Waals surface area (Å²) in [4.78, 5) is 17.7. The Balaban J connectivity index is 0.00000150. The fourth-order valence-electron chi connectivity index (χ4n) is 6.01. The molecule has 4 rings (SSSR count). The van der Waals surface area contributed by atoms with Crippen molar-refractivity contribution in [3.8, 4) is 0 Å². The number of hydrogen-bond donors (Lipinski definition) is 1. The van der Waals surface area contributed by atoms with E-state index in [-0.39, 0.29) is 30.9 Å². The monoisotopic (exact) mass is 449 g/mol. The lowest BCUT2D eigenvalue weighted by Gasteiger charge is -2.37. The van der Waals surface area contributed by atoms with Gasteiger partial charge in [0.1, 0.15) is 0 Å². The first-order valence-corrected chi connectivity index (χ1v) is 11.5. The third-order valence-corrected chi connectivity index (χ3v) is 7.44. The molecule has 1 N–H and O–H groups in total. The van der Waals surface area contributed by atoms with Crippen molar-refractivity contribution in [2.45, 2.75) is 89.5 Å². The molecule has 170 valence electrons. The van der Waals surface area contributed by atoms with Crippen LogP contribution >= 0.6 is 24.8 Å². The number of halogens is 2. The smallest absolute Gasteiger partial charge is 0.239 e. The maximum Gasteiger partial charge on any atom is 0.239 e. The summed E-state index contributed by atoms with van der Waals surface area (Å²) in [5, 5.41) is 3.67. The van der Waals surface area contributed by atoms with Crippen LogP contribution in [0.15, 0.2) is 0 Å². The Morgan fingerprint density at radius 1 is 1.00 bits per heavy atom. The van der Waals surface area contributed by atoms with Crippen LogP contribution in [0.2, 0.25) is 0 Å². The van der Waals surface area contributed by atoms with Gasteiger partial charge in [0, 0.05) is 32.2 Å².